The zero-order valence-corrected chi connectivity index (χ0v) is 6.87. The molecule has 0 atom stereocenters. The van der Waals surface area contributed by atoms with Gasteiger partial charge in [0.05, 0.1) is 6.08 Å². The standard InChI is InChI=1S/C5H3N.C2H3Cl.ClH/c1-2-3-4-5-6;1-2-3;/h4H,1H2;2H,1H2;1H. The highest BCUT2D eigenvalue weighted by Gasteiger charge is 1.43. The average Bonchev–Trinajstić information content (AvgIpc) is 1.86. The van der Waals surface area contributed by atoms with E-state index in [1.54, 1.807) is 6.07 Å². The molecule has 0 fully saturated rings. The molecule has 0 saturated carbocycles. The number of nitrogens with zero attached hydrogens (tertiary/aromatic N) is 1. The lowest BCUT2D eigenvalue weighted by Crippen LogP contribution is -1.30. The summed E-state index contributed by atoms with van der Waals surface area (Å²) in [5.74, 6) is 0. The Morgan fingerprint density at radius 2 is 1.90 bits per heavy atom. The summed E-state index contributed by atoms with van der Waals surface area (Å²) >= 11 is 4.76. The van der Waals surface area contributed by atoms with Crippen molar-refractivity contribution in [3.63, 3.8) is 0 Å². The molecule has 0 unspecified atom stereocenters. The third-order valence-electron chi connectivity index (χ3n) is 0.239. The largest absolute Gasteiger partial charge is 0.192 e. The predicted molar refractivity (Wildman–Crippen MR) is 46.1 cm³/mol. The first-order chi connectivity index (χ1) is 4.33. The fraction of sp³-hybridized carbons (Fsp3) is 0. The molecule has 10 heavy (non-hydrogen) atoms. The SMILES string of the molecule is C=C=C=CC#N.C=CCl.Cl. The number of nitriles is 1. The molecule has 0 saturated heterocycles. The Kier molecular flexibility index (Phi) is 39.0. The van der Waals surface area contributed by atoms with Crippen LogP contribution in [-0.2, 0) is 0 Å². The fourth-order valence-corrected chi connectivity index (χ4v) is 0.0833. The topological polar surface area (TPSA) is 23.8 Å². The smallest absolute Gasteiger partial charge is 0.100 e. The molecule has 0 bridgehead atoms. The molecule has 0 aliphatic heterocycles. The molecule has 1 nitrogen and oxygen atoms in total. The van der Waals surface area contributed by atoms with Gasteiger partial charge >= 0.3 is 0 Å². The van der Waals surface area contributed by atoms with Crippen LogP contribution in [0.5, 0.6) is 0 Å². The van der Waals surface area contributed by atoms with Crippen molar-refractivity contribution in [3.8, 4) is 6.07 Å². The number of halogens is 2. The van der Waals surface area contributed by atoms with Crippen molar-refractivity contribution in [1.82, 2.24) is 0 Å². The van der Waals surface area contributed by atoms with Gasteiger partial charge in [-0.1, -0.05) is 29.6 Å². The second-order valence-electron chi connectivity index (χ2n) is 0.749. The summed E-state index contributed by atoms with van der Waals surface area (Å²) in [5, 5.41) is 7.76. The van der Waals surface area contributed by atoms with Crippen molar-refractivity contribution in [2.45, 2.75) is 0 Å². The Bertz CT molecular complexity index is 178. The molecule has 0 aromatic heterocycles. The van der Waals surface area contributed by atoms with Crippen molar-refractivity contribution < 1.29 is 0 Å². The Balaban J connectivity index is -0.000000107. The molecule has 0 heterocycles. The van der Waals surface area contributed by atoms with Crippen molar-refractivity contribution in [2.24, 2.45) is 0 Å². The highest BCUT2D eigenvalue weighted by molar-refractivity contribution is 6.25. The van der Waals surface area contributed by atoms with E-state index >= 15 is 0 Å². The second-order valence-corrected chi connectivity index (χ2v) is 1.06. The van der Waals surface area contributed by atoms with E-state index in [1.807, 2.05) is 0 Å². The molecular formula is C7H7Cl2N. The second kappa shape index (κ2) is 24.3. The maximum atomic E-state index is 7.76. The maximum Gasteiger partial charge on any atom is 0.100 e. The van der Waals surface area contributed by atoms with E-state index in [-0.39, 0.29) is 12.4 Å². The molecule has 0 aromatic carbocycles. The molecule has 0 rings (SSSR count). The van der Waals surface area contributed by atoms with Gasteiger partial charge in [-0.15, -0.1) is 12.4 Å². The van der Waals surface area contributed by atoms with Crippen LogP contribution in [0.4, 0.5) is 0 Å². The van der Waals surface area contributed by atoms with Crippen LogP contribution >= 0.6 is 24.0 Å². The van der Waals surface area contributed by atoms with Crippen LogP contribution in [-0.4, -0.2) is 0 Å². The molecular weight excluding hydrogens is 169 g/mol. The molecule has 3 heteroatoms. The third kappa shape index (κ3) is 59.6. The lowest BCUT2D eigenvalue weighted by Gasteiger charge is -1.39. The van der Waals surface area contributed by atoms with Gasteiger partial charge in [-0.3, -0.25) is 0 Å². The zero-order valence-electron chi connectivity index (χ0n) is 5.30. The van der Waals surface area contributed by atoms with Gasteiger partial charge in [0.1, 0.15) is 6.07 Å². The summed E-state index contributed by atoms with van der Waals surface area (Å²) in [4.78, 5) is 0. The van der Waals surface area contributed by atoms with Gasteiger partial charge in [-0.2, -0.15) is 5.26 Å². The van der Waals surface area contributed by atoms with E-state index in [0.29, 0.717) is 0 Å². The molecule has 0 amide bonds. The van der Waals surface area contributed by atoms with Gasteiger partial charge in [0.25, 0.3) is 0 Å². The Morgan fingerprint density at radius 1 is 1.50 bits per heavy atom. The Morgan fingerprint density at radius 3 is 2.00 bits per heavy atom. The number of rotatable bonds is 0. The van der Waals surface area contributed by atoms with E-state index < -0.39 is 0 Å². The van der Waals surface area contributed by atoms with Gasteiger partial charge < -0.3 is 0 Å². The van der Waals surface area contributed by atoms with E-state index in [9.17, 15) is 0 Å². The van der Waals surface area contributed by atoms with Crippen LogP contribution in [0, 0.1) is 11.3 Å². The predicted octanol–water partition coefficient (Wildman–Crippen LogP) is 2.80. The highest BCUT2D eigenvalue weighted by atomic mass is 35.5. The quantitative estimate of drug-likeness (QED) is 0.411. The normalized spacial score (nSPS) is 3.60. The Labute approximate surface area is 72.0 Å². The van der Waals surface area contributed by atoms with Crippen molar-refractivity contribution in [2.75, 3.05) is 0 Å². The molecule has 0 radical (unpaired) electrons. The van der Waals surface area contributed by atoms with E-state index in [4.69, 9.17) is 16.9 Å². The van der Waals surface area contributed by atoms with Gasteiger partial charge in [-0.05, 0) is 12.1 Å². The Hall–Kier alpha value is -0.890. The van der Waals surface area contributed by atoms with Crippen molar-refractivity contribution >= 4 is 24.0 Å². The summed E-state index contributed by atoms with van der Waals surface area (Å²) in [6.07, 6.45) is 1.19. The summed E-state index contributed by atoms with van der Waals surface area (Å²) in [6.45, 7) is 6.31. The van der Waals surface area contributed by atoms with Gasteiger partial charge in [0.15, 0.2) is 0 Å². The summed E-state index contributed by atoms with van der Waals surface area (Å²) in [5.41, 5.74) is 5.86. The minimum absolute atomic E-state index is 0. The highest BCUT2D eigenvalue weighted by Crippen LogP contribution is 1.60. The fourth-order valence-electron chi connectivity index (χ4n) is 0.0833. The lowest BCUT2D eigenvalue weighted by molar-refractivity contribution is 1.54. The van der Waals surface area contributed by atoms with Gasteiger partial charge in [0, 0.05) is 0 Å². The third-order valence-corrected chi connectivity index (χ3v) is 0.239. The van der Waals surface area contributed by atoms with Gasteiger partial charge in [-0.25, -0.2) is 0 Å². The first-order valence-electron chi connectivity index (χ1n) is 2.03. The molecule has 0 N–H and O–H groups in total. The van der Waals surface area contributed by atoms with Crippen LogP contribution in [0.2, 0.25) is 0 Å². The van der Waals surface area contributed by atoms with Crippen LogP contribution in [0.1, 0.15) is 0 Å². The summed E-state index contributed by atoms with van der Waals surface area (Å²) in [7, 11) is 0. The van der Waals surface area contributed by atoms with Crippen molar-refractivity contribution in [3.05, 3.63) is 36.2 Å². The van der Waals surface area contributed by atoms with E-state index in [1.165, 1.54) is 11.6 Å². The first-order valence-corrected chi connectivity index (χ1v) is 2.47. The summed E-state index contributed by atoms with van der Waals surface area (Å²) < 4.78 is 0. The summed E-state index contributed by atoms with van der Waals surface area (Å²) in [6, 6.07) is 1.73. The van der Waals surface area contributed by atoms with Crippen LogP contribution < -0.4 is 0 Å². The van der Waals surface area contributed by atoms with Crippen LogP contribution in [0.25, 0.3) is 0 Å². The zero-order chi connectivity index (χ0) is 7.54. The average molecular weight is 176 g/mol. The first kappa shape index (κ1) is 16.1. The van der Waals surface area contributed by atoms with E-state index in [0.717, 1.165) is 0 Å². The lowest BCUT2D eigenvalue weighted by atomic mass is 10.6. The molecule has 0 aliphatic carbocycles. The minimum atomic E-state index is 0. The van der Waals surface area contributed by atoms with Crippen LogP contribution in [0.15, 0.2) is 36.2 Å². The number of hydrogen-bond donors (Lipinski definition) is 0. The molecule has 54 valence electrons. The number of hydrogen-bond acceptors (Lipinski definition) is 1. The molecule has 0 aliphatic rings. The van der Waals surface area contributed by atoms with Crippen LogP contribution in [0.3, 0.4) is 0 Å². The van der Waals surface area contributed by atoms with Gasteiger partial charge in [0.2, 0.25) is 0 Å². The minimum Gasteiger partial charge on any atom is -0.192 e. The monoisotopic (exact) mass is 175 g/mol. The molecule has 0 aromatic rings. The number of allylic oxidation sites excluding steroid dienone is 1. The van der Waals surface area contributed by atoms with Crippen molar-refractivity contribution in [1.29, 1.82) is 5.26 Å². The maximum absolute atomic E-state index is 7.76. The van der Waals surface area contributed by atoms with E-state index in [2.05, 4.69) is 24.6 Å². The molecule has 0 spiro atoms.